The van der Waals surface area contributed by atoms with Crippen LogP contribution in [0.4, 0.5) is 0 Å². The van der Waals surface area contributed by atoms with Crippen LogP contribution in [0, 0.1) is 19.8 Å². The van der Waals surface area contributed by atoms with Crippen LogP contribution in [0.25, 0.3) is 0 Å². The maximum atomic E-state index is 5.94. The van der Waals surface area contributed by atoms with Crippen LogP contribution in [-0.2, 0) is 4.74 Å². The van der Waals surface area contributed by atoms with Crippen LogP contribution in [0.1, 0.15) is 46.1 Å². The van der Waals surface area contributed by atoms with E-state index in [1.54, 1.807) is 0 Å². The van der Waals surface area contributed by atoms with E-state index in [9.17, 15) is 0 Å². The predicted octanol–water partition coefficient (Wildman–Crippen LogP) is 6.57. The van der Waals surface area contributed by atoms with E-state index in [-0.39, 0.29) is 0 Å². The van der Waals surface area contributed by atoms with E-state index in [4.69, 9.17) is 4.74 Å². The van der Waals surface area contributed by atoms with Crippen molar-refractivity contribution in [2.45, 2.75) is 53.5 Å². The number of fused-ring (bicyclic) bond motifs is 2. The standard InChI is InChI=1S/C19H24N2O.C7H8.C2H6.C2H2.CH3Cl/c1-3-4-6-14(2)22-15-7-5-8-18-16(10-9-15)17-13-20-12-11-19(17)21-18;1-7-5-3-2-4-6-7;3*1-2/h3-8,10,18,20-21H,9,11-13H2,1-2H3;2-6H,1H3;1-2H3;1-2H;1H3/p+1/b4-3-,8-5?,14-6+,15-7+,16-10-;;;;. The lowest BCUT2D eigenvalue weighted by Gasteiger charge is -2.15. The second-order valence-electron chi connectivity index (χ2n) is 7.55. The molecule has 0 saturated heterocycles. The first-order valence-corrected chi connectivity index (χ1v) is 13.0. The molecule has 0 saturated carbocycles. The fourth-order valence-corrected chi connectivity index (χ4v) is 3.71. The number of halogens is 1. The molecule has 0 amide bonds. The van der Waals surface area contributed by atoms with Crippen LogP contribution in [0.5, 0.6) is 0 Å². The highest BCUT2D eigenvalue weighted by molar-refractivity contribution is 6.15. The Balaban J connectivity index is 0.000000744. The average molecular weight is 496 g/mol. The Morgan fingerprint density at radius 1 is 1.17 bits per heavy atom. The molecule has 0 aromatic heterocycles. The minimum atomic E-state index is 0.342. The first kappa shape index (κ1) is 32.1. The predicted molar refractivity (Wildman–Crippen MR) is 154 cm³/mol. The van der Waals surface area contributed by atoms with Crippen molar-refractivity contribution in [2.24, 2.45) is 0 Å². The van der Waals surface area contributed by atoms with E-state index in [2.05, 4.69) is 78.4 Å². The number of nitrogens with two attached hydrogens (primary N) is 1. The van der Waals surface area contributed by atoms with Gasteiger partial charge >= 0.3 is 0 Å². The van der Waals surface area contributed by atoms with Gasteiger partial charge in [-0.2, -0.15) is 0 Å². The summed E-state index contributed by atoms with van der Waals surface area (Å²) >= 11 is 4.64. The summed E-state index contributed by atoms with van der Waals surface area (Å²) in [4.78, 5) is 0. The lowest BCUT2D eigenvalue weighted by atomic mass is 9.96. The summed E-state index contributed by atoms with van der Waals surface area (Å²) in [7, 11) is 0. The zero-order valence-electron chi connectivity index (χ0n) is 22.4. The van der Waals surface area contributed by atoms with E-state index in [0.29, 0.717) is 6.04 Å². The molecule has 3 N–H and O–H groups in total. The monoisotopic (exact) mass is 495 g/mol. The zero-order valence-corrected chi connectivity index (χ0v) is 23.1. The summed E-state index contributed by atoms with van der Waals surface area (Å²) < 4.78 is 5.94. The van der Waals surface area contributed by atoms with Crippen molar-refractivity contribution in [1.29, 1.82) is 0 Å². The third-order valence-corrected chi connectivity index (χ3v) is 5.19. The minimum Gasteiger partial charge on any atom is -0.466 e. The second kappa shape index (κ2) is 20.4. The molecule has 2 heterocycles. The molecule has 0 bridgehead atoms. The molecule has 2 aliphatic heterocycles. The van der Waals surface area contributed by atoms with Gasteiger partial charge in [0.15, 0.2) is 0 Å². The van der Waals surface area contributed by atoms with Gasteiger partial charge in [0.25, 0.3) is 0 Å². The average Bonchev–Trinajstić information content (AvgIpc) is 3.25. The quantitative estimate of drug-likeness (QED) is 0.215. The summed E-state index contributed by atoms with van der Waals surface area (Å²) in [5, 5.41) is 6.05. The van der Waals surface area contributed by atoms with Crippen LogP contribution in [0.15, 0.2) is 101 Å². The highest BCUT2D eigenvalue weighted by Gasteiger charge is 2.30. The van der Waals surface area contributed by atoms with Crippen LogP contribution < -0.4 is 10.6 Å². The molecule has 0 radical (unpaired) electrons. The lowest BCUT2D eigenvalue weighted by molar-refractivity contribution is -0.649. The Bertz CT molecular complexity index is 918. The molecule has 4 heteroatoms. The number of aryl methyl sites for hydroxylation is 1. The molecule has 3 aliphatic rings. The molecule has 1 atom stereocenters. The summed E-state index contributed by atoms with van der Waals surface area (Å²) in [5.41, 5.74) is 5.70. The fourth-order valence-electron chi connectivity index (χ4n) is 3.71. The highest BCUT2D eigenvalue weighted by atomic mass is 35.5. The smallest absolute Gasteiger partial charge is 0.107 e. The van der Waals surface area contributed by atoms with Crippen molar-refractivity contribution in [3.05, 3.63) is 107 Å². The summed E-state index contributed by atoms with van der Waals surface area (Å²) in [5.74, 6) is 1.91. The molecule has 3 nitrogen and oxygen atoms in total. The van der Waals surface area contributed by atoms with Crippen molar-refractivity contribution in [3.8, 4) is 12.8 Å². The first-order chi connectivity index (χ1) is 17.2. The van der Waals surface area contributed by atoms with E-state index in [0.717, 1.165) is 30.9 Å². The molecular weight excluding hydrogens is 452 g/mol. The number of rotatable bonds is 3. The molecule has 1 aromatic rings. The Labute approximate surface area is 219 Å². The normalized spacial score (nSPS) is 20.8. The third kappa shape index (κ3) is 11.9. The number of benzene rings is 1. The van der Waals surface area contributed by atoms with Crippen molar-refractivity contribution in [1.82, 2.24) is 5.32 Å². The van der Waals surface area contributed by atoms with E-state index in [1.165, 1.54) is 35.3 Å². The number of nitrogens with one attached hydrogen (secondary N) is 1. The maximum absolute atomic E-state index is 5.94. The summed E-state index contributed by atoms with van der Waals surface area (Å²) in [6, 6.07) is 10.6. The first-order valence-electron chi connectivity index (χ1n) is 12.3. The van der Waals surface area contributed by atoms with Crippen molar-refractivity contribution >= 4 is 11.6 Å². The van der Waals surface area contributed by atoms with Gasteiger partial charge < -0.3 is 15.4 Å². The lowest BCUT2D eigenvalue weighted by Crippen LogP contribution is -2.86. The van der Waals surface area contributed by atoms with Gasteiger partial charge in [-0.3, -0.25) is 0 Å². The molecule has 35 heavy (non-hydrogen) atoms. The molecule has 1 aromatic carbocycles. The fraction of sp³-hybridized carbons (Fsp3) is 0.355. The second-order valence-corrected chi connectivity index (χ2v) is 7.55. The van der Waals surface area contributed by atoms with Gasteiger partial charge in [0.2, 0.25) is 0 Å². The number of quaternary nitrogens is 1. The molecule has 0 fully saturated rings. The van der Waals surface area contributed by atoms with Gasteiger partial charge in [-0.15, -0.1) is 24.4 Å². The van der Waals surface area contributed by atoms with Gasteiger partial charge in [0.1, 0.15) is 18.1 Å². The molecular formula is C31H44ClN2O+. The molecule has 0 spiro atoms. The van der Waals surface area contributed by atoms with Gasteiger partial charge in [-0.05, 0) is 38.5 Å². The third-order valence-electron chi connectivity index (χ3n) is 5.19. The topological polar surface area (TPSA) is 37.9 Å². The van der Waals surface area contributed by atoms with Crippen LogP contribution in [0.2, 0.25) is 0 Å². The van der Waals surface area contributed by atoms with E-state index in [1.807, 2.05) is 64.1 Å². The molecule has 1 aliphatic carbocycles. The Morgan fingerprint density at radius 2 is 1.86 bits per heavy atom. The highest BCUT2D eigenvalue weighted by Crippen LogP contribution is 2.30. The SMILES string of the molecule is C#C.C/C=C\C=C(/C)O/C1=C/C=CC2NC3=C(C[NH2+]CC3)/C2=C/C1.CC.CCl.Cc1ccccc1. The number of allylic oxidation sites excluding steroid dienone is 7. The van der Waals surface area contributed by atoms with Crippen molar-refractivity contribution in [3.63, 3.8) is 0 Å². The van der Waals surface area contributed by atoms with Gasteiger partial charge in [0, 0.05) is 30.5 Å². The number of hydrogen-bond donors (Lipinski definition) is 2. The van der Waals surface area contributed by atoms with Crippen LogP contribution in [0.3, 0.4) is 0 Å². The minimum absolute atomic E-state index is 0.342. The Kier molecular flexibility index (Phi) is 18.7. The summed E-state index contributed by atoms with van der Waals surface area (Å²) in [6.45, 7) is 12.4. The van der Waals surface area contributed by atoms with Crippen LogP contribution in [-0.4, -0.2) is 25.5 Å². The van der Waals surface area contributed by atoms with Crippen molar-refractivity contribution in [2.75, 3.05) is 19.5 Å². The zero-order chi connectivity index (χ0) is 26.5. The van der Waals surface area contributed by atoms with E-state index < -0.39 is 0 Å². The molecule has 4 rings (SSSR count). The summed E-state index contributed by atoms with van der Waals surface area (Å²) in [6.07, 6.45) is 26.2. The van der Waals surface area contributed by atoms with Crippen molar-refractivity contribution < 1.29 is 10.1 Å². The van der Waals surface area contributed by atoms with Gasteiger partial charge in [-0.25, -0.2) is 0 Å². The number of ether oxygens (including phenoxy) is 1. The maximum Gasteiger partial charge on any atom is 0.107 e. The Hall–Kier alpha value is -2.93. The number of hydrogen-bond acceptors (Lipinski definition) is 2. The molecule has 1 unspecified atom stereocenters. The largest absolute Gasteiger partial charge is 0.466 e. The van der Waals surface area contributed by atoms with Gasteiger partial charge in [0.05, 0.1) is 12.6 Å². The number of alkyl halides is 1. The molecule has 190 valence electrons. The van der Waals surface area contributed by atoms with E-state index >= 15 is 0 Å². The number of terminal acetylenes is 1. The van der Waals surface area contributed by atoms with Crippen LogP contribution >= 0.6 is 11.6 Å². The Morgan fingerprint density at radius 3 is 2.46 bits per heavy atom. The van der Waals surface area contributed by atoms with Gasteiger partial charge in [-0.1, -0.05) is 80.1 Å².